The highest BCUT2D eigenvalue weighted by Crippen LogP contribution is 2.16. The average molecular weight is 244 g/mol. The molecule has 4 heteroatoms. The van der Waals surface area contributed by atoms with Gasteiger partial charge in [-0.2, -0.15) is 0 Å². The molecule has 0 saturated carbocycles. The van der Waals surface area contributed by atoms with Gasteiger partial charge in [0.1, 0.15) is 0 Å². The van der Waals surface area contributed by atoms with Crippen molar-refractivity contribution in [1.82, 2.24) is 10.2 Å². The first-order valence-corrected chi connectivity index (χ1v) is 6.70. The predicted octanol–water partition coefficient (Wildman–Crippen LogP) is 1.11. The lowest BCUT2D eigenvalue weighted by atomic mass is 10.1. The fraction of sp³-hybridized carbons (Fsp3) is 1.00. The van der Waals surface area contributed by atoms with E-state index in [0.717, 1.165) is 39.4 Å². The minimum absolute atomic E-state index is 0.0367. The van der Waals surface area contributed by atoms with Crippen molar-refractivity contribution >= 4 is 0 Å². The summed E-state index contributed by atoms with van der Waals surface area (Å²) in [6, 6.07) is 0. The Bertz CT molecular complexity index is 198. The van der Waals surface area contributed by atoms with E-state index in [9.17, 15) is 0 Å². The molecular weight excluding hydrogens is 216 g/mol. The Labute approximate surface area is 106 Å². The van der Waals surface area contributed by atoms with E-state index in [0.29, 0.717) is 0 Å². The summed E-state index contributed by atoms with van der Waals surface area (Å²) in [5.41, 5.74) is 0.0367. The second-order valence-corrected chi connectivity index (χ2v) is 5.33. The van der Waals surface area contributed by atoms with Crippen LogP contribution in [0, 0.1) is 0 Å². The van der Waals surface area contributed by atoms with Crippen molar-refractivity contribution in [1.29, 1.82) is 0 Å². The van der Waals surface area contributed by atoms with Gasteiger partial charge >= 0.3 is 0 Å². The Balaban J connectivity index is 1.95. The van der Waals surface area contributed by atoms with Gasteiger partial charge in [-0.3, -0.25) is 4.90 Å². The summed E-state index contributed by atoms with van der Waals surface area (Å²) in [4.78, 5) is 2.51. The standard InChI is InChI=1S/C13H28N2O2/c1-13(2)12-15(9-11-17-13)8-5-4-6-14-7-10-16-3/h14H,4-12H2,1-3H3. The number of nitrogens with one attached hydrogen (secondary N) is 1. The molecule has 1 aliphatic rings. The van der Waals surface area contributed by atoms with Gasteiger partial charge < -0.3 is 14.8 Å². The van der Waals surface area contributed by atoms with Crippen LogP contribution in [0.3, 0.4) is 0 Å². The lowest BCUT2D eigenvalue weighted by molar-refractivity contribution is -0.0860. The highest BCUT2D eigenvalue weighted by molar-refractivity contribution is 4.78. The fourth-order valence-corrected chi connectivity index (χ4v) is 2.19. The maximum Gasteiger partial charge on any atom is 0.0753 e. The van der Waals surface area contributed by atoms with Gasteiger partial charge in [-0.15, -0.1) is 0 Å². The Hall–Kier alpha value is -0.160. The molecule has 1 fully saturated rings. The molecule has 0 aromatic carbocycles. The van der Waals surface area contributed by atoms with Crippen molar-refractivity contribution < 1.29 is 9.47 Å². The smallest absolute Gasteiger partial charge is 0.0753 e. The molecule has 1 heterocycles. The van der Waals surface area contributed by atoms with E-state index in [2.05, 4.69) is 24.1 Å². The predicted molar refractivity (Wildman–Crippen MR) is 70.5 cm³/mol. The van der Waals surface area contributed by atoms with Crippen LogP contribution in [-0.2, 0) is 9.47 Å². The summed E-state index contributed by atoms with van der Waals surface area (Å²) < 4.78 is 10.7. The maximum absolute atomic E-state index is 5.70. The molecule has 1 aliphatic heterocycles. The van der Waals surface area contributed by atoms with Crippen LogP contribution in [0.5, 0.6) is 0 Å². The average Bonchev–Trinajstić information content (AvgIpc) is 2.27. The Morgan fingerprint density at radius 1 is 1.29 bits per heavy atom. The maximum atomic E-state index is 5.70. The second-order valence-electron chi connectivity index (χ2n) is 5.33. The molecule has 102 valence electrons. The van der Waals surface area contributed by atoms with Crippen molar-refractivity contribution in [2.75, 3.05) is 53.0 Å². The highest BCUT2D eigenvalue weighted by Gasteiger charge is 2.26. The largest absolute Gasteiger partial charge is 0.383 e. The normalized spacial score (nSPS) is 20.6. The van der Waals surface area contributed by atoms with Gasteiger partial charge in [-0.05, 0) is 39.8 Å². The zero-order chi connectivity index (χ0) is 12.6. The first-order chi connectivity index (χ1) is 8.14. The zero-order valence-corrected chi connectivity index (χ0v) is 11.6. The molecule has 0 atom stereocenters. The number of hydrogen-bond acceptors (Lipinski definition) is 4. The van der Waals surface area contributed by atoms with Crippen LogP contribution in [0.2, 0.25) is 0 Å². The summed E-state index contributed by atoms with van der Waals surface area (Å²) in [5, 5.41) is 3.37. The number of unbranched alkanes of at least 4 members (excludes halogenated alkanes) is 1. The third-order valence-corrected chi connectivity index (χ3v) is 3.07. The van der Waals surface area contributed by atoms with Crippen molar-refractivity contribution in [2.24, 2.45) is 0 Å². The fourth-order valence-electron chi connectivity index (χ4n) is 2.19. The molecular formula is C13H28N2O2. The quantitative estimate of drug-likeness (QED) is 0.649. The van der Waals surface area contributed by atoms with Gasteiger partial charge in [0.25, 0.3) is 0 Å². The molecule has 0 aromatic rings. The van der Waals surface area contributed by atoms with E-state index < -0.39 is 0 Å². The molecule has 1 N–H and O–H groups in total. The van der Waals surface area contributed by atoms with E-state index in [1.807, 2.05) is 0 Å². The number of ether oxygens (including phenoxy) is 2. The molecule has 17 heavy (non-hydrogen) atoms. The molecule has 0 unspecified atom stereocenters. The molecule has 0 aliphatic carbocycles. The lowest BCUT2D eigenvalue weighted by Gasteiger charge is -2.38. The minimum atomic E-state index is 0.0367. The van der Waals surface area contributed by atoms with Crippen LogP contribution >= 0.6 is 0 Å². The van der Waals surface area contributed by atoms with Crippen molar-refractivity contribution in [3.05, 3.63) is 0 Å². The Morgan fingerprint density at radius 3 is 2.82 bits per heavy atom. The third-order valence-electron chi connectivity index (χ3n) is 3.07. The van der Waals surface area contributed by atoms with Crippen LogP contribution in [0.25, 0.3) is 0 Å². The molecule has 0 bridgehead atoms. The van der Waals surface area contributed by atoms with Crippen LogP contribution in [0.1, 0.15) is 26.7 Å². The van der Waals surface area contributed by atoms with Gasteiger partial charge in [0.05, 0.1) is 18.8 Å². The summed E-state index contributed by atoms with van der Waals surface area (Å²) in [6.45, 7) is 11.4. The van der Waals surface area contributed by atoms with E-state index in [-0.39, 0.29) is 5.60 Å². The topological polar surface area (TPSA) is 33.7 Å². The van der Waals surface area contributed by atoms with Gasteiger partial charge in [-0.25, -0.2) is 0 Å². The number of methoxy groups -OCH3 is 1. The molecule has 0 radical (unpaired) electrons. The monoisotopic (exact) mass is 244 g/mol. The van der Waals surface area contributed by atoms with Crippen molar-refractivity contribution in [3.8, 4) is 0 Å². The van der Waals surface area contributed by atoms with E-state index in [4.69, 9.17) is 9.47 Å². The lowest BCUT2D eigenvalue weighted by Crippen LogP contribution is -2.48. The SMILES string of the molecule is COCCNCCCCN1CCOC(C)(C)C1. The van der Waals surface area contributed by atoms with Crippen molar-refractivity contribution in [3.63, 3.8) is 0 Å². The first-order valence-electron chi connectivity index (χ1n) is 6.70. The third kappa shape index (κ3) is 6.99. The number of hydrogen-bond donors (Lipinski definition) is 1. The Kier molecular flexibility index (Phi) is 7.04. The highest BCUT2D eigenvalue weighted by atomic mass is 16.5. The van der Waals surface area contributed by atoms with Crippen LogP contribution in [-0.4, -0.2) is 63.5 Å². The second kappa shape index (κ2) is 8.03. The number of morpholine rings is 1. The minimum Gasteiger partial charge on any atom is -0.383 e. The first kappa shape index (κ1) is 14.9. The number of rotatable bonds is 8. The van der Waals surface area contributed by atoms with E-state index >= 15 is 0 Å². The molecule has 0 amide bonds. The summed E-state index contributed by atoms with van der Waals surface area (Å²) in [7, 11) is 1.74. The summed E-state index contributed by atoms with van der Waals surface area (Å²) in [6.07, 6.45) is 2.50. The van der Waals surface area contributed by atoms with E-state index in [1.165, 1.54) is 19.4 Å². The van der Waals surface area contributed by atoms with Gasteiger partial charge in [0, 0.05) is 26.7 Å². The number of nitrogens with zero attached hydrogens (tertiary/aromatic N) is 1. The Morgan fingerprint density at radius 2 is 2.12 bits per heavy atom. The van der Waals surface area contributed by atoms with Crippen LogP contribution < -0.4 is 5.32 Å². The molecule has 0 spiro atoms. The van der Waals surface area contributed by atoms with E-state index in [1.54, 1.807) is 7.11 Å². The molecule has 0 aromatic heterocycles. The van der Waals surface area contributed by atoms with Crippen molar-refractivity contribution in [2.45, 2.75) is 32.3 Å². The van der Waals surface area contributed by atoms with Gasteiger partial charge in [0.2, 0.25) is 0 Å². The van der Waals surface area contributed by atoms with Crippen LogP contribution in [0.4, 0.5) is 0 Å². The summed E-state index contributed by atoms with van der Waals surface area (Å²) in [5.74, 6) is 0. The molecule has 1 rings (SSSR count). The summed E-state index contributed by atoms with van der Waals surface area (Å²) >= 11 is 0. The molecule has 1 saturated heterocycles. The zero-order valence-electron chi connectivity index (χ0n) is 11.6. The van der Waals surface area contributed by atoms with Crippen LogP contribution in [0.15, 0.2) is 0 Å². The molecule has 4 nitrogen and oxygen atoms in total. The van der Waals surface area contributed by atoms with Gasteiger partial charge in [0.15, 0.2) is 0 Å². The van der Waals surface area contributed by atoms with Gasteiger partial charge in [-0.1, -0.05) is 0 Å².